The molecule has 34 heavy (non-hydrogen) atoms. The third-order valence-electron chi connectivity index (χ3n) is 6.77. The number of rotatable bonds is 12. The minimum absolute atomic E-state index is 0.0178. The number of alkyl halides is 1. The minimum Gasteiger partial charge on any atom is -0.403 e. The zero-order chi connectivity index (χ0) is 24.9. The summed E-state index contributed by atoms with van der Waals surface area (Å²) in [5, 5.41) is 37.5. The van der Waals surface area contributed by atoms with Gasteiger partial charge < -0.3 is 31.1 Å². The number of hydrogen-bond acceptors (Lipinski definition) is 11. The molecule has 0 aromatic heterocycles. The molecule has 0 radical (unpaired) electrons. The molecule has 0 saturated carbocycles. The Kier molecular flexibility index (Phi) is 10.5. The maximum Gasteiger partial charge on any atom is 0.215 e. The number of thioether (sulfide) groups is 2. The first-order valence-corrected chi connectivity index (χ1v) is 13.7. The molecule has 2 aliphatic heterocycles. The Balaban J connectivity index is 1.62. The molecule has 1 aliphatic carbocycles. The molecule has 194 valence electrons. The van der Waals surface area contributed by atoms with Gasteiger partial charge in [0, 0.05) is 50.2 Å². The quantitative estimate of drug-likeness (QED) is 0.122. The molecular weight excluding hydrogens is 498 g/mol. The van der Waals surface area contributed by atoms with Gasteiger partial charge in [0.05, 0.1) is 14.6 Å². The van der Waals surface area contributed by atoms with Crippen molar-refractivity contribution in [1.29, 1.82) is 0 Å². The van der Waals surface area contributed by atoms with Crippen molar-refractivity contribution in [3.8, 4) is 0 Å². The average Bonchev–Trinajstić information content (AvgIpc) is 3.39. The van der Waals surface area contributed by atoms with E-state index in [2.05, 4.69) is 28.2 Å². The van der Waals surface area contributed by atoms with Crippen molar-refractivity contribution in [2.24, 2.45) is 11.1 Å². The van der Waals surface area contributed by atoms with E-state index in [0.717, 1.165) is 30.0 Å². The summed E-state index contributed by atoms with van der Waals surface area (Å²) in [6.45, 7) is 6.09. The van der Waals surface area contributed by atoms with Gasteiger partial charge in [-0.25, -0.2) is 0 Å². The first-order chi connectivity index (χ1) is 16.2. The number of nitrogens with one attached hydrogen (secondary N) is 2. The highest BCUT2D eigenvalue weighted by Crippen LogP contribution is 2.51. The number of hydrogen-bond donors (Lipinski definition) is 6. The third-order valence-corrected chi connectivity index (χ3v) is 9.28. The molecular formula is C22H38ClN5O4S2. The van der Waals surface area contributed by atoms with Crippen LogP contribution in [0.5, 0.6) is 0 Å². The minimum atomic E-state index is -0.935. The van der Waals surface area contributed by atoms with E-state index < -0.39 is 19.0 Å². The highest BCUT2D eigenvalue weighted by Gasteiger charge is 2.54. The van der Waals surface area contributed by atoms with Crippen molar-refractivity contribution < 1.29 is 20.1 Å². The number of likely N-dealkylation sites (tertiary alicyclic amines) is 2. The number of methoxy groups -OCH3 is 1. The van der Waals surface area contributed by atoms with Crippen LogP contribution >= 0.6 is 35.1 Å². The first-order valence-electron chi connectivity index (χ1n) is 11.5. The number of allylic oxidation sites excluding steroid dienone is 1. The van der Waals surface area contributed by atoms with E-state index in [1.807, 2.05) is 4.90 Å². The third kappa shape index (κ3) is 6.64. The molecule has 6 unspecified atom stereocenters. The van der Waals surface area contributed by atoms with Gasteiger partial charge in [-0.15, -0.1) is 23.4 Å². The van der Waals surface area contributed by atoms with Crippen LogP contribution in [-0.4, -0.2) is 95.1 Å². The monoisotopic (exact) mass is 535 g/mol. The Labute approximate surface area is 215 Å². The lowest BCUT2D eigenvalue weighted by atomic mass is 9.76. The van der Waals surface area contributed by atoms with Gasteiger partial charge in [0.2, 0.25) is 6.41 Å². The predicted octanol–water partition coefficient (Wildman–Crippen LogP) is 1.10. The lowest BCUT2D eigenvalue weighted by Crippen LogP contribution is -2.48. The summed E-state index contributed by atoms with van der Waals surface area (Å²) in [6.07, 6.45) is 4.44. The lowest BCUT2D eigenvalue weighted by molar-refractivity contribution is -0.171. The van der Waals surface area contributed by atoms with Gasteiger partial charge in [-0.1, -0.05) is 24.4 Å². The molecule has 12 heteroatoms. The van der Waals surface area contributed by atoms with Crippen LogP contribution in [0.25, 0.3) is 0 Å². The van der Waals surface area contributed by atoms with Crippen LogP contribution in [0.15, 0.2) is 33.7 Å². The smallest absolute Gasteiger partial charge is 0.215 e. The number of nitrogens with two attached hydrogens (primary N) is 1. The van der Waals surface area contributed by atoms with E-state index >= 15 is 0 Å². The molecule has 6 atom stereocenters. The summed E-state index contributed by atoms with van der Waals surface area (Å²) in [5.74, 6) is 0.697. The Morgan fingerprint density at radius 2 is 2.18 bits per heavy atom. The number of halogens is 1. The Hall–Kier alpha value is -0.470. The maximum atomic E-state index is 11.1. The maximum absolute atomic E-state index is 11.1. The fourth-order valence-corrected chi connectivity index (χ4v) is 7.22. The van der Waals surface area contributed by atoms with Crippen molar-refractivity contribution in [2.75, 3.05) is 39.5 Å². The van der Waals surface area contributed by atoms with Gasteiger partial charge in [-0.05, 0) is 38.3 Å². The van der Waals surface area contributed by atoms with Gasteiger partial charge in [0.1, 0.15) is 6.23 Å². The number of aliphatic hydroxyl groups is 3. The summed E-state index contributed by atoms with van der Waals surface area (Å²) in [5.41, 5.74) is 6.85. The van der Waals surface area contributed by atoms with Crippen LogP contribution in [0.4, 0.5) is 0 Å². The van der Waals surface area contributed by atoms with Crippen LogP contribution < -0.4 is 16.4 Å². The summed E-state index contributed by atoms with van der Waals surface area (Å²) in [7, 11) is 3.21. The molecule has 9 nitrogen and oxygen atoms in total. The molecule has 0 aromatic rings. The van der Waals surface area contributed by atoms with Crippen molar-refractivity contribution in [1.82, 2.24) is 20.4 Å². The van der Waals surface area contributed by atoms with Gasteiger partial charge in [-0.3, -0.25) is 15.1 Å². The SMILES string of the molecule is C=C(NC(O)N1CC2(CCN(C(O)OC)C2)C2=CC(Cl)CCC21)S/C(=C\N)SCCC(O)NC. The second-order valence-corrected chi connectivity index (χ2v) is 12.0. The van der Waals surface area contributed by atoms with Gasteiger partial charge >= 0.3 is 0 Å². The fraction of sp³-hybridized carbons (Fsp3) is 0.727. The van der Waals surface area contributed by atoms with Crippen LogP contribution in [0, 0.1) is 5.41 Å². The number of ether oxygens (including phenoxy) is 1. The van der Waals surface area contributed by atoms with Crippen LogP contribution in [-0.2, 0) is 4.74 Å². The van der Waals surface area contributed by atoms with E-state index in [1.165, 1.54) is 42.4 Å². The standard InChI is InChI=1S/C22H38ClN5O4S2/c1-14(34-19(11-24)33-9-6-18(29)25-2)26-20(30)28-13-22(7-8-27(12-22)21(31)32-3)16-10-15(23)4-5-17(16)28/h10-11,15,17-18,20-21,25-26,29-31H,1,4-9,12-13,24H2,2-3H3/b19-11-. The second-order valence-electron chi connectivity index (χ2n) is 8.94. The van der Waals surface area contributed by atoms with Crippen molar-refractivity contribution >= 4 is 35.1 Å². The number of fused-ring (bicyclic) bond motifs is 2. The predicted molar refractivity (Wildman–Crippen MR) is 139 cm³/mol. The molecule has 2 heterocycles. The first kappa shape index (κ1) is 28.1. The molecule has 2 fully saturated rings. The summed E-state index contributed by atoms with van der Waals surface area (Å²) >= 11 is 9.40. The van der Waals surface area contributed by atoms with Crippen LogP contribution in [0.1, 0.15) is 25.7 Å². The van der Waals surface area contributed by atoms with Crippen molar-refractivity contribution in [3.63, 3.8) is 0 Å². The largest absolute Gasteiger partial charge is 0.403 e. The molecule has 0 amide bonds. The molecule has 0 aromatic carbocycles. The lowest BCUT2D eigenvalue weighted by Gasteiger charge is -2.33. The van der Waals surface area contributed by atoms with E-state index in [9.17, 15) is 15.3 Å². The van der Waals surface area contributed by atoms with Crippen LogP contribution in [0.2, 0.25) is 0 Å². The molecule has 0 bridgehead atoms. The van der Waals surface area contributed by atoms with E-state index in [-0.39, 0.29) is 16.8 Å². The molecule has 1 spiro atoms. The number of nitrogens with zero attached hydrogens (tertiary/aromatic N) is 2. The van der Waals surface area contributed by atoms with E-state index in [4.69, 9.17) is 22.1 Å². The van der Waals surface area contributed by atoms with Crippen LogP contribution in [0.3, 0.4) is 0 Å². The van der Waals surface area contributed by atoms with E-state index in [0.29, 0.717) is 30.3 Å². The van der Waals surface area contributed by atoms with Gasteiger partial charge in [-0.2, -0.15) is 0 Å². The Morgan fingerprint density at radius 3 is 2.85 bits per heavy atom. The Morgan fingerprint density at radius 1 is 1.41 bits per heavy atom. The second kappa shape index (κ2) is 12.7. The summed E-state index contributed by atoms with van der Waals surface area (Å²) < 4.78 is 5.97. The zero-order valence-corrected chi connectivity index (χ0v) is 22.2. The molecule has 2 saturated heterocycles. The average molecular weight is 536 g/mol. The highest BCUT2D eigenvalue weighted by atomic mass is 35.5. The van der Waals surface area contributed by atoms with E-state index in [1.54, 1.807) is 7.05 Å². The zero-order valence-electron chi connectivity index (χ0n) is 19.8. The molecule has 7 N–H and O–H groups in total. The Bertz CT molecular complexity index is 776. The van der Waals surface area contributed by atoms with Gasteiger partial charge in [0.15, 0.2) is 6.35 Å². The van der Waals surface area contributed by atoms with Crippen molar-refractivity contribution in [2.45, 2.75) is 56.1 Å². The molecule has 3 aliphatic rings. The van der Waals surface area contributed by atoms with Crippen molar-refractivity contribution in [3.05, 3.63) is 33.7 Å². The summed E-state index contributed by atoms with van der Waals surface area (Å²) in [4.78, 5) is 4.00. The summed E-state index contributed by atoms with van der Waals surface area (Å²) in [6, 6.07) is 0.0804. The normalized spacial score (nSPS) is 30.8. The topological polar surface area (TPSA) is 126 Å². The van der Waals surface area contributed by atoms with Gasteiger partial charge in [0.25, 0.3) is 0 Å². The fourth-order valence-electron chi connectivity index (χ4n) is 5.06. The number of aliphatic hydroxyl groups excluding tert-OH is 3. The molecule has 3 rings (SSSR count). The highest BCUT2D eigenvalue weighted by molar-refractivity contribution is 8.23.